The van der Waals surface area contributed by atoms with E-state index in [1.807, 2.05) is 6.07 Å². The molecule has 0 unspecified atom stereocenters. The lowest BCUT2D eigenvalue weighted by molar-refractivity contribution is 0.0995. The predicted octanol–water partition coefficient (Wildman–Crippen LogP) is 1.64. The zero-order valence-electron chi connectivity index (χ0n) is 12.8. The summed E-state index contributed by atoms with van der Waals surface area (Å²) in [6, 6.07) is 2.07. The Morgan fingerprint density at radius 2 is 2.33 bits per heavy atom. The van der Waals surface area contributed by atoms with Crippen LogP contribution >= 0.6 is 0 Å². The number of aromatic nitrogens is 3. The van der Waals surface area contributed by atoms with E-state index in [4.69, 9.17) is 10.2 Å². The average Bonchev–Trinajstić information content (AvgIpc) is 3.27. The Kier molecular flexibility index (Phi) is 3.46. The first-order valence-corrected chi connectivity index (χ1v) is 7.78. The minimum atomic E-state index is -0.644. The molecule has 1 amide bonds. The highest BCUT2D eigenvalue weighted by Gasteiger charge is 2.25. The number of nitrogens with one attached hydrogen (secondary N) is 2. The number of aliphatic hydroxyl groups is 1. The summed E-state index contributed by atoms with van der Waals surface area (Å²) in [6.45, 7) is 0. The molecule has 3 aromatic heterocycles. The van der Waals surface area contributed by atoms with Crippen molar-refractivity contribution in [3.8, 4) is 11.5 Å². The standard InChI is InChI=1S/C16H17N5O3/c17-14(23)12-7-24-16(21-12)11-6-19-15-10(3-4-18-15)13(11)20-8-1-2-9(22)5-8/h3-4,6-9,22H,1-2,5H2,(H2,17,23)(H2,18,19,20)/t8-,9+/m0/s1. The van der Waals surface area contributed by atoms with Crippen LogP contribution < -0.4 is 11.1 Å². The normalized spacial score (nSPS) is 20.5. The highest BCUT2D eigenvalue weighted by Crippen LogP contribution is 2.35. The van der Waals surface area contributed by atoms with Crippen LogP contribution in [-0.4, -0.2) is 38.1 Å². The lowest BCUT2D eigenvalue weighted by atomic mass is 10.1. The number of primary amides is 1. The zero-order valence-corrected chi connectivity index (χ0v) is 12.8. The van der Waals surface area contributed by atoms with E-state index >= 15 is 0 Å². The van der Waals surface area contributed by atoms with Crippen LogP contribution in [0.1, 0.15) is 29.8 Å². The lowest BCUT2D eigenvalue weighted by Gasteiger charge is -2.17. The number of nitrogens with two attached hydrogens (primary N) is 1. The van der Waals surface area contributed by atoms with E-state index in [1.54, 1.807) is 12.4 Å². The summed E-state index contributed by atoms with van der Waals surface area (Å²) in [7, 11) is 0. The van der Waals surface area contributed by atoms with Crippen molar-refractivity contribution in [1.29, 1.82) is 0 Å². The van der Waals surface area contributed by atoms with Gasteiger partial charge in [0.25, 0.3) is 5.91 Å². The van der Waals surface area contributed by atoms with E-state index in [2.05, 4.69) is 20.3 Å². The second-order valence-corrected chi connectivity index (χ2v) is 6.00. The van der Waals surface area contributed by atoms with Gasteiger partial charge in [0.1, 0.15) is 11.9 Å². The van der Waals surface area contributed by atoms with Crippen LogP contribution in [0.4, 0.5) is 5.69 Å². The summed E-state index contributed by atoms with van der Waals surface area (Å²) in [4.78, 5) is 22.8. The molecule has 24 heavy (non-hydrogen) atoms. The number of aliphatic hydroxyl groups excluding tert-OH is 1. The van der Waals surface area contributed by atoms with E-state index in [0.717, 1.165) is 29.6 Å². The number of H-pyrrole nitrogens is 1. The van der Waals surface area contributed by atoms with Crippen molar-refractivity contribution in [2.24, 2.45) is 5.73 Å². The fourth-order valence-electron chi connectivity index (χ4n) is 3.13. The molecule has 2 atom stereocenters. The summed E-state index contributed by atoms with van der Waals surface area (Å²) in [5.41, 5.74) is 7.51. The number of amides is 1. The van der Waals surface area contributed by atoms with Crippen molar-refractivity contribution >= 4 is 22.6 Å². The fraction of sp³-hybridized carbons (Fsp3) is 0.312. The Morgan fingerprint density at radius 1 is 1.46 bits per heavy atom. The van der Waals surface area contributed by atoms with E-state index in [9.17, 15) is 9.90 Å². The van der Waals surface area contributed by atoms with E-state index in [0.29, 0.717) is 12.0 Å². The predicted molar refractivity (Wildman–Crippen MR) is 87.4 cm³/mol. The molecule has 0 aliphatic heterocycles. The first-order valence-electron chi connectivity index (χ1n) is 7.78. The molecule has 5 N–H and O–H groups in total. The summed E-state index contributed by atoms with van der Waals surface area (Å²) < 4.78 is 5.41. The Hall–Kier alpha value is -2.87. The first-order chi connectivity index (χ1) is 11.6. The monoisotopic (exact) mass is 327 g/mol. The number of pyridine rings is 1. The van der Waals surface area contributed by atoms with Gasteiger partial charge < -0.3 is 25.6 Å². The molecule has 1 aliphatic rings. The number of rotatable bonds is 4. The molecule has 1 saturated carbocycles. The SMILES string of the molecule is NC(=O)c1coc(-c2cnc3[nH]ccc3c2N[C@H]2CC[C@@H](O)C2)n1. The minimum Gasteiger partial charge on any atom is -0.443 e. The molecule has 3 aromatic rings. The zero-order chi connectivity index (χ0) is 16.7. The van der Waals surface area contributed by atoms with Crippen molar-refractivity contribution in [2.75, 3.05) is 5.32 Å². The summed E-state index contributed by atoms with van der Waals surface area (Å²) in [5.74, 6) is -0.366. The molecule has 0 bridgehead atoms. The van der Waals surface area contributed by atoms with Crippen LogP contribution in [-0.2, 0) is 0 Å². The van der Waals surface area contributed by atoms with Gasteiger partial charge in [0.05, 0.1) is 17.4 Å². The van der Waals surface area contributed by atoms with Gasteiger partial charge in [0.15, 0.2) is 5.69 Å². The molecular weight excluding hydrogens is 310 g/mol. The molecule has 0 radical (unpaired) electrons. The first kappa shape index (κ1) is 14.7. The third kappa shape index (κ3) is 2.50. The maximum absolute atomic E-state index is 11.3. The van der Waals surface area contributed by atoms with Crippen LogP contribution in [0.25, 0.3) is 22.5 Å². The van der Waals surface area contributed by atoms with Gasteiger partial charge in [-0.25, -0.2) is 9.97 Å². The molecular formula is C16H17N5O3. The molecule has 124 valence electrons. The molecule has 0 spiro atoms. The number of carbonyl (C=O) groups excluding carboxylic acids is 1. The molecule has 3 heterocycles. The van der Waals surface area contributed by atoms with Crippen LogP contribution in [0.2, 0.25) is 0 Å². The highest BCUT2D eigenvalue weighted by atomic mass is 16.3. The fourth-order valence-corrected chi connectivity index (χ4v) is 3.13. The van der Waals surface area contributed by atoms with Gasteiger partial charge in [-0.05, 0) is 25.3 Å². The maximum atomic E-state index is 11.3. The van der Waals surface area contributed by atoms with Crippen LogP contribution in [0.5, 0.6) is 0 Å². The number of carbonyl (C=O) groups is 1. The minimum absolute atomic E-state index is 0.0707. The highest BCUT2D eigenvalue weighted by molar-refractivity contribution is 5.97. The van der Waals surface area contributed by atoms with Gasteiger partial charge in [-0.1, -0.05) is 0 Å². The summed E-state index contributed by atoms with van der Waals surface area (Å²) in [5, 5.41) is 14.1. The quantitative estimate of drug-likeness (QED) is 0.576. The van der Waals surface area contributed by atoms with Crippen LogP contribution in [0.3, 0.4) is 0 Å². The molecule has 0 saturated heterocycles. The Labute approximate surface area is 137 Å². The van der Waals surface area contributed by atoms with Crippen molar-refractivity contribution in [3.63, 3.8) is 0 Å². The third-order valence-electron chi connectivity index (χ3n) is 4.33. The van der Waals surface area contributed by atoms with Crippen molar-refractivity contribution in [2.45, 2.75) is 31.4 Å². The Morgan fingerprint density at radius 3 is 3.04 bits per heavy atom. The number of hydrogen-bond donors (Lipinski definition) is 4. The number of fused-ring (bicyclic) bond motifs is 1. The second-order valence-electron chi connectivity index (χ2n) is 6.00. The van der Waals surface area contributed by atoms with Gasteiger partial charge in [-0.2, -0.15) is 0 Å². The van der Waals surface area contributed by atoms with Crippen LogP contribution in [0, 0.1) is 0 Å². The summed E-state index contributed by atoms with van der Waals surface area (Å²) >= 11 is 0. The van der Waals surface area contributed by atoms with Crippen LogP contribution in [0.15, 0.2) is 29.1 Å². The van der Waals surface area contributed by atoms with Gasteiger partial charge in [-0.15, -0.1) is 0 Å². The Bertz CT molecular complexity index is 900. The van der Waals surface area contributed by atoms with E-state index in [-0.39, 0.29) is 23.7 Å². The second kappa shape index (κ2) is 5.64. The van der Waals surface area contributed by atoms with Crippen molar-refractivity contribution < 1.29 is 14.3 Å². The number of aromatic amines is 1. The third-order valence-corrected chi connectivity index (χ3v) is 4.33. The number of oxazole rings is 1. The van der Waals surface area contributed by atoms with Gasteiger partial charge in [-0.3, -0.25) is 4.79 Å². The molecule has 8 nitrogen and oxygen atoms in total. The number of nitrogens with zero attached hydrogens (tertiary/aromatic N) is 2. The van der Waals surface area contributed by atoms with E-state index < -0.39 is 5.91 Å². The topological polar surface area (TPSA) is 130 Å². The molecule has 4 rings (SSSR count). The summed E-state index contributed by atoms with van der Waals surface area (Å²) in [6.07, 6.45) is 6.75. The Balaban J connectivity index is 1.78. The van der Waals surface area contributed by atoms with Crippen molar-refractivity contribution in [3.05, 3.63) is 30.4 Å². The average molecular weight is 327 g/mol. The molecule has 0 aromatic carbocycles. The maximum Gasteiger partial charge on any atom is 0.270 e. The number of anilines is 1. The smallest absolute Gasteiger partial charge is 0.270 e. The lowest BCUT2D eigenvalue weighted by Crippen LogP contribution is -2.17. The molecule has 1 aliphatic carbocycles. The largest absolute Gasteiger partial charge is 0.443 e. The molecule has 1 fully saturated rings. The molecule has 8 heteroatoms. The van der Waals surface area contributed by atoms with E-state index in [1.165, 1.54) is 6.26 Å². The van der Waals surface area contributed by atoms with Gasteiger partial charge >= 0.3 is 0 Å². The van der Waals surface area contributed by atoms with Gasteiger partial charge in [0, 0.05) is 23.8 Å². The van der Waals surface area contributed by atoms with Crippen molar-refractivity contribution in [1.82, 2.24) is 15.0 Å². The number of hydrogen-bond acceptors (Lipinski definition) is 6. The van der Waals surface area contributed by atoms with Gasteiger partial charge in [0.2, 0.25) is 5.89 Å².